The number of carbonyl (C=O) groups excluding carboxylic acids is 4. The fourth-order valence-corrected chi connectivity index (χ4v) is 9.73. The summed E-state index contributed by atoms with van der Waals surface area (Å²) in [5.74, 6) is -0.723. The lowest BCUT2D eigenvalue weighted by Crippen LogP contribution is -2.61. The van der Waals surface area contributed by atoms with Gasteiger partial charge in [-0.15, -0.1) is 0 Å². The number of nitrogens with zero attached hydrogens (tertiary/aromatic N) is 2. The zero-order chi connectivity index (χ0) is 49.4. The normalized spacial score (nSPS) is 15.0. The zero-order valence-electron chi connectivity index (χ0n) is 45.6. The standard InChI is InChI=1S/C58H114N6O4/c1-5-9-13-17-21-25-29-35-47-63(48-36-30-26-22-18-14-10-6-2)51-39-33-45-59-55(65)43-41-53-57(67)62-54(58(68)61-53)42-44-56(66)60-46-34-40-52-64(49-37-31-27-23-19-15-11-7-3)50-38-32-28-24-20-16-12-8-4/h53-54H,5-52H2,1-4H3,(H,59,65)(H,60,66)(H,61,68)(H,62,67)/t53-,54-/m0/s1. The monoisotopic (exact) mass is 959 g/mol. The quantitative estimate of drug-likeness (QED) is 0.0451. The molecule has 1 fully saturated rings. The lowest BCUT2D eigenvalue weighted by molar-refractivity contribution is -0.137. The van der Waals surface area contributed by atoms with Crippen LogP contribution in [0.15, 0.2) is 0 Å². The van der Waals surface area contributed by atoms with Gasteiger partial charge in [0.2, 0.25) is 23.6 Å². The second-order valence-corrected chi connectivity index (χ2v) is 20.9. The molecule has 10 nitrogen and oxygen atoms in total. The Morgan fingerprint density at radius 3 is 0.824 bits per heavy atom. The minimum Gasteiger partial charge on any atom is -0.356 e. The van der Waals surface area contributed by atoms with E-state index in [0.717, 1.165) is 38.8 Å². The van der Waals surface area contributed by atoms with Crippen LogP contribution in [0.1, 0.15) is 285 Å². The van der Waals surface area contributed by atoms with Crippen molar-refractivity contribution in [2.45, 2.75) is 297 Å². The van der Waals surface area contributed by atoms with E-state index in [2.05, 4.69) is 58.8 Å². The summed E-state index contributed by atoms with van der Waals surface area (Å²) in [5.41, 5.74) is 0. The molecule has 1 aliphatic rings. The molecule has 0 aromatic rings. The van der Waals surface area contributed by atoms with E-state index in [0.29, 0.717) is 13.1 Å². The number of hydrogen-bond donors (Lipinski definition) is 4. The molecule has 1 saturated heterocycles. The molecular weight excluding hydrogens is 845 g/mol. The third-order valence-corrected chi connectivity index (χ3v) is 14.3. The number of rotatable bonds is 52. The van der Waals surface area contributed by atoms with Gasteiger partial charge in [0.15, 0.2) is 0 Å². The Balaban J connectivity index is 2.31. The molecule has 400 valence electrons. The Labute approximate surface area is 421 Å². The van der Waals surface area contributed by atoms with Crippen LogP contribution in [0.25, 0.3) is 0 Å². The van der Waals surface area contributed by atoms with Crippen LogP contribution in [-0.4, -0.2) is 97.9 Å². The summed E-state index contributed by atoms with van der Waals surface area (Å²) >= 11 is 0. The summed E-state index contributed by atoms with van der Waals surface area (Å²) in [5, 5.41) is 11.7. The van der Waals surface area contributed by atoms with Crippen LogP contribution in [-0.2, 0) is 19.2 Å². The van der Waals surface area contributed by atoms with Gasteiger partial charge in [-0.25, -0.2) is 0 Å². The number of carbonyl (C=O) groups is 4. The van der Waals surface area contributed by atoms with E-state index in [1.165, 1.54) is 232 Å². The van der Waals surface area contributed by atoms with E-state index in [1.807, 2.05) is 0 Å². The predicted molar refractivity (Wildman–Crippen MR) is 290 cm³/mol. The molecular formula is C58H114N6O4. The number of piperazine rings is 1. The number of amides is 4. The van der Waals surface area contributed by atoms with Crippen molar-refractivity contribution >= 4 is 23.6 Å². The Morgan fingerprint density at radius 1 is 0.353 bits per heavy atom. The maximum Gasteiger partial charge on any atom is 0.243 e. The van der Waals surface area contributed by atoms with Crippen LogP contribution < -0.4 is 21.3 Å². The van der Waals surface area contributed by atoms with Gasteiger partial charge < -0.3 is 31.1 Å². The predicted octanol–water partition coefficient (Wildman–Crippen LogP) is 13.5. The highest BCUT2D eigenvalue weighted by Gasteiger charge is 2.33. The van der Waals surface area contributed by atoms with E-state index in [4.69, 9.17) is 0 Å². The molecule has 1 aliphatic heterocycles. The third kappa shape index (κ3) is 39.5. The molecule has 0 spiro atoms. The Morgan fingerprint density at radius 2 is 0.574 bits per heavy atom. The summed E-state index contributed by atoms with van der Waals surface area (Å²) in [7, 11) is 0. The highest BCUT2D eigenvalue weighted by molar-refractivity contribution is 5.97. The van der Waals surface area contributed by atoms with Crippen LogP contribution in [0.5, 0.6) is 0 Å². The van der Waals surface area contributed by atoms with Gasteiger partial charge in [-0.05, 0) is 103 Å². The molecule has 0 saturated carbocycles. The highest BCUT2D eigenvalue weighted by Crippen LogP contribution is 2.15. The van der Waals surface area contributed by atoms with Crippen molar-refractivity contribution in [3.05, 3.63) is 0 Å². The van der Waals surface area contributed by atoms with Crippen LogP contribution in [0.3, 0.4) is 0 Å². The van der Waals surface area contributed by atoms with Crippen LogP contribution >= 0.6 is 0 Å². The lowest BCUT2D eigenvalue weighted by Gasteiger charge is -2.29. The molecule has 68 heavy (non-hydrogen) atoms. The molecule has 4 amide bonds. The molecule has 0 aliphatic carbocycles. The molecule has 1 heterocycles. The van der Waals surface area contributed by atoms with Crippen LogP contribution in [0.4, 0.5) is 0 Å². The molecule has 0 aromatic heterocycles. The molecule has 0 radical (unpaired) electrons. The van der Waals surface area contributed by atoms with Gasteiger partial charge in [-0.1, -0.05) is 207 Å². The number of hydrogen-bond acceptors (Lipinski definition) is 6. The first-order valence-corrected chi connectivity index (χ1v) is 29.9. The maximum absolute atomic E-state index is 12.9. The van der Waals surface area contributed by atoms with E-state index < -0.39 is 12.1 Å². The van der Waals surface area contributed by atoms with Gasteiger partial charge in [0.25, 0.3) is 0 Å². The minimum absolute atomic E-state index is 0.0831. The van der Waals surface area contributed by atoms with Gasteiger partial charge in [0.1, 0.15) is 12.1 Å². The largest absolute Gasteiger partial charge is 0.356 e. The van der Waals surface area contributed by atoms with E-state index in [1.54, 1.807) is 0 Å². The van der Waals surface area contributed by atoms with Gasteiger partial charge in [0, 0.05) is 25.9 Å². The van der Waals surface area contributed by atoms with E-state index >= 15 is 0 Å². The van der Waals surface area contributed by atoms with Crippen molar-refractivity contribution in [1.82, 2.24) is 31.1 Å². The summed E-state index contributed by atoms with van der Waals surface area (Å²) in [6.45, 7) is 17.3. The van der Waals surface area contributed by atoms with Gasteiger partial charge in [-0.3, -0.25) is 19.2 Å². The first-order valence-electron chi connectivity index (χ1n) is 29.9. The summed E-state index contributed by atoms with van der Waals surface area (Å²) in [6.07, 6.45) is 47.9. The zero-order valence-corrected chi connectivity index (χ0v) is 45.6. The Hall–Kier alpha value is -2.20. The average Bonchev–Trinajstić information content (AvgIpc) is 3.33. The van der Waals surface area contributed by atoms with Crippen molar-refractivity contribution in [3.63, 3.8) is 0 Å². The SMILES string of the molecule is CCCCCCCCCCN(CCCCCCCCCC)CCCCNC(=O)CC[C@@H]1NC(=O)[C@H](CCC(=O)NCCCCN(CCCCCCCCCC)CCCCCCCCCC)NC1=O. The molecule has 10 heteroatoms. The van der Waals surface area contributed by atoms with Gasteiger partial charge in [0.05, 0.1) is 0 Å². The first kappa shape index (κ1) is 63.8. The van der Waals surface area contributed by atoms with E-state index in [9.17, 15) is 19.2 Å². The average molecular weight is 960 g/mol. The second kappa shape index (κ2) is 48.4. The molecule has 0 unspecified atom stereocenters. The second-order valence-electron chi connectivity index (χ2n) is 20.9. The third-order valence-electron chi connectivity index (χ3n) is 14.3. The lowest BCUT2D eigenvalue weighted by atomic mass is 10.0. The topological polar surface area (TPSA) is 123 Å². The number of nitrogens with one attached hydrogen (secondary N) is 4. The van der Waals surface area contributed by atoms with Crippen molar-refractivity contribution in [2.75, 3.05) is 52.4 Å². The van der Waals surface area contributed by atoms with Gasteiger partial charge in [-0.2, -0.15) is 0 Å². The Kier molecular flexibility index (Phi) is 45.4. The van der Waals surface area contributed by atoms with Crippen molar-refractivity contribution in [2.24, 2.45) is 0 Å². The van der Waals surface area contributed by atoms with Gasteiger partial charge >= 0.3 is 0 Å². The van der Waals surface area contributed by atoms with Crippen molar-refractivity contribution < 1.29 is 19.2 Å². The molecule has 1 rings (SSSR count). The first-order chi connectivity index (χ1) is 33.3. The van der Waals surface area contributed by atoms with Crippen LogP contribution in [0.2, 0.25) is 0 Å². The fraction of sp³-hybridized carbons (Fsp3) is 0.931. The highest BCUT2D eigenvalue weighted by atomic mass is 16.2. The summed E-state index contributed by atoms with van der Waals surface area (Å²) in [4.78, 5) is 56.6. The minimum atomic E-state index is -0.731. The van der Waals surface area contributed by atoms with Crippen molar-refractivity contribution in [1.29, 1.82) is 0 Å². The molecule has 0 bridgehead atoms. The van der Waals surface area contributed by atoms with E-state index in [-0.39, 0.29) is 49.3 Å². The smallest absolute Gasteiger partial charge is 0.243 e. The molecule has 0 aromatic carbocycles. The summed E-state index contributed by atoms with van der Waals surface area (Å²) < 4.78 is 0. The summed E-state index contributed by atoms with van der Waals surface area (Å²) in [6, 6.07) is -1.46. The molecule has 4 N–H and O–H groups in total. The molecule has 2 atom stereocenters. The van der Waals surface area contributed by atoms with Crippen molar-refractivity contribution in [3.8, 4) is 0 Å². The Bertz CT molecular complexity index is 1040. The van der Waals surface area contributed by atoms with Crippen LogP contribution in [0, 0.1) is 0 Å². The number of unbranched alkanes of at least 4 members (excludes halogenated alkanes) is 30. The maximum atomic E-state index is 12.9. The fourth-order valence-electron chi connectivity index (χ4n) is 9.73.